The predicted octanol–water partition coefficient (Wildman–Crippen LogP) is 2.54. The highest BCUT2D eigenvalue weighted by atomic mass is 16.5. The number of anilines is 1. The van der Waals surface area contributed by atoms with E-state index in [1.54, 1.807) is 16.9 Å². The molecule has 0 aliphatic heterocycles. The normalized spacial score (nSPS) is 10.3. The third-order valence-electron chi connectivity index (χ3n) is 2.85. The fourth-order valence-electron chi connectivity index (χ4n) is 2.03. The summed E-state index contributed by atoms with van der Waals surface area (Å²) in [5, 5.41) is 6.87. The van der Waals surface area contributed by atoms with Gasteiger partial charge in [-0.2, -0.15) is 5.10 Å². The van der Waals surface area contributed by atoms with E-state index in [-0.39, 0.29) is 12.5 Å². The molecule has 0 bridgehead atoms. The largest absolute Gasteiger partial charge is 0.484 e. The van der Waals surface area contributed by atoms with Crippen LogP contribution in [0, 0.1) is 13.8 Å². The van der Waals surface area contributed by atoms with Crippen molar-refractivity contribution in [2.45, 2.75) is 27.3 Å². The Kier molecular flexibility index (Phi) is 4.40. The molecule has 2 rings (SSSR count). The van der Waals surface area contributed by atoms with Crippen LogP contribution in [0.5, 0.6) is 5.75 Å². The van der Waals surface area contributed by atoms with E-state index in [1.807, 2.05) is 32.9 Å². The summed E-state index contributed by atoms with van der Waals surface area (Å²) >= 11 is 0. The van der Waals surface area contributed by atoms with Gasteiger partial charge in [-0.05, 0) is 44.0 Å². The van der Waals surface area contributed by atoms with Crippen molar-refractivity contribution in [1.29, 1.82) is 0 Å². The first-order chi connectivity index (χ1) is 9.58. The van der Waals surface area contributed by atoms with E-state index in [4.69, 9.17) is 4.74 Å². The standard InChI is InChI=1S/C15H19N3O2/c1-4-18-14(5-6-16-18)17-15(19)10-20-13-8-11(2)7-12(3)9-13/h5-9H,4,10H2,1-3H3,(H,17,19). The molecule has 106 valence electrons. The first-order valence-electron chi connectivity index (χ1n) is 6.61. The number of hydrogen-bond donors (Lipinski definition) is 1. The average Bonchev–Trinajstić information content (AvgIpc) is 2.82. The molecule has 5 heteroatoms. The van der Waals surface area contributed by atoms with Crippen molar-refractivity contribution in [3.8, 4) is 5.75 Å². The molecule has 1 N–H and O–H groups in total. The van der Waals surface area contributed by atoms with E-state index < -0.39 is 0 Å². The maximum Gasteiger partial charge on any atom is 0.263 e. The van der Waals surface area contributed by atoms with Crippen molar-refractivity contribution in [3.05, 3.63) is 41.6 Å². The summed E-state index contributed by atoms with van der Waals surface area (Å²) in [4.78, 5) is 11.8. The Morgan fingerprint density at radius 2 is 2.00 bits per heavy atom. The van der Waals surface area contributed by atoms with Gasteiger partial charge in [0.2, 0.25) is 0 Å². The molecule has 0 atom stereocenters. The van der Waals surface area contributed by atoms with Crippen LogP contribution in [0.15, 0.2) is 30.5 Å². The number of carbonyl (C=O) groups is 1. The monoisotopic (exact) mass is 273 g/mol. The van der Waals surface area contributed by atoms with Crippen LogP contribution >= 0.6 is 0 Å². The number of ether oxygens (including phenoxy) is 1. The van der Waals surface area contributed by atoms with Crippen LogP contribution in [0.3, 0.4) is 0 Å². The van der Waals surface area contributed by atoms with Gasteiger partial charge in [0.15, 0.2) is 6.61 Å². The van der Waals surface area contributed by atoms with E-state index >= 15 is 0 Å². The topological polar surface area (TPSA) is 56.2 Å². The molecule has 1 aromatic heterocycles. The molecule has 0 aliphatic carbocycles. The van der Waals surface area contributed by atoms with Gasteiger partial charge in [0.05, 0.1) is 6.20 Å². The smallest absolute Gasteiger partial charge is 0.263 e. The van der Waals surface area contributed by atoms with Crippen molar-refractivity contribution in [3.63, 3.8) is 0 Å². The Morgan fingerprint density at radius 1 is 1.30 bits per heavy atom. The van der Waals surface area contributed by atoms with E-state index in [0.29, 0.717) is 18.1 Å². The first kappa shape index (κ1) is 14.1. The number of carbonyl (C=O) groups excluding carboxylic acids is 1. The van der Waals surface area contributed by atoms with Crippen molar-refractivity contribution in [1.82, 2.24) is 9.78 Å². The lowest BCUT2D eigenvalue weighted by atomic mass is 10.1. The lowest BCUT2D eigenvalue weighted by Crippen LogP contribution is -2.22. The summed E-state index contributed by atoms with van der Waals surface area (Å²) in [6.07, 6.45) is 1.66. The summed E-state index contributed by atoms with van der Waals surface area (Å²) in [6, 6.07) is 7.65. The highest BCUT2D eigenvalue weighted by molar-refractivity contribution is 5.91. The number of nitrogens with one attached hydrogen (secondary N) is 1. The van der Waals surface area contributed by atoms with Gasteiger partial charge < -0.3 is 10.1 Å². The van der Waals surface area contributed by atoms with Crippen LogP contribution in [0.25, 0.3) is 0 Å². The van der Waals surface area contributed by atoms with Crippen LogP contribution in [0.4, 0.5) is 5.82 Å². The molecule has 1 aromatic carbocycles. The van der Waals surface area contributed by atoms with Crippen molar-refractivity contribution < 1.29 is 9.53 Å². The van der Waals surface area contributed by atoms with E-state index in [2.05, 4.69) is 16.5 Å². The second-order valence-corrected chi connectivity index (χ2v) is 4.69. The molecular formula is C15H19N3O2. The molecule has 2 aromatic rings. The molecule has 1 heterocycles. The molecule has 0 aliphatic rings. The Labute approximate surface area is 118 Å². The van der Waals surface area contributed by atoms with Gasteiger partial charge in [-0.25, -0.2) is 4.68 Å². The van der Waals surface area contributed by atoms with Crippen molar-refractivity contribution in [2.24, 2.45) is 0 Å². The summed E-state index contributed by atoms with van der Waals surface area (Å²) < 4.78 is 7.23. The van der Waals surface area contributed by atoms with Crippen molar-refractivity contribution in [2.75, 3.05) is 11.9 Å². The second kappa shape index (κ2) is 6.23. The van der Waals surface area contributed by atoms with Crippen molar-refractivity contribution >= 4 is 11.7 Å². The third-order valence-corrected chi connectivity index (χ3v) is 2.85. The number of amides is 1. The van der Waals surface area contributed by atoms with Gasteiger partial charge in [0, 0.05) is 12.6 Å². The van der Waals surface area contributed by atoms with E-state index in [9.17, 15) is 4.79 Å². The zero-order chi connectivity index (χ0) is 14.5. The summed E-state index contributed by atoms with van der Waals surface area (Å²) in [6.45, 7) is 6.66. The molecule has 0 radical (unpaired) electrons. The van der Waals surface area contributed by atoms with Gasteiger partial charge in [0.1, 0.15) is 11.6 Å². The number of hydrogen-bond acceptors (Lipinski definition) is 3. The fraction of sp³-hybridized carbons (Fsp3) is 0.333. The molecule has 0 saturated carbocycles. The first-order valence-corrected chi connectivity index (χ1v) is 6.61. The number of aromatic nitrogens is 2. The summed E-state index contributed by atoms with van der Waals surface area (Å²) in [5.74, 6) is 1.20. The van der Waals surface area contributed by atoms with Gasteiger partial charge in [-0.3, -0.25) is 4.79 Å². The zero-order valence-corrected chi connectivity index (χ0v) is 12.0. The minimum Gasteiger partial charge on any atom is -0.484 e. The Bertz CT molecular complexity index is 585. The molecule has 0 saturated heterocycles. The van der Waals surface area contributed by atoms with Crippen LogP contribution < -0.4 is 10.1 Å². The Balaban J connectivity index is 1.92. The molecule has 5 nitrogen and oxygen atoms in total. The highest BCUT2D eigenvalue weighted by Crippen LogP contribution is 2.16. The van der Waals surface area contributed by atoms with Crippen LogP contribution in [0.1, 0.15) is 18.1 Å². The Morgan fingerprint density at radius 3 is 2.65 bits per heavy atom. The lowest BCUT2D eigenvalue weighted by molar-refractivity contribution is -0.118. The maximum atomic E-state index is 11.8. The molecule has 1 amide bonds. The number of aryl methyl sites for hydroxylation is 3. The van der Waals surface area contributed by atoms with Gasteiger partial charge in [-0.15, -0.1) is 0 Å². The zero-order valence-electron chi connectivity index (χ0n) is 12.0. The second-order valence-electron chi connectivity index (χ2n) is 4.69. The fourth-order valence-corrected chi connectivity index (χ4v) is 2.03. The van der Waals surface area contributed by atoms with Gasteiger partial charge in [-0.1, -0.05) is 6.07 Å². The number of nitrogens with zero attached hydrogens (tertiary/aromatic N) is 2. The predicted molar refractivity (Wildman–Crippen MR) is 77.9 cm³/mol. The van der Waals surface area contributed by atoms with Crippen LogP contribution in [-0.4, -0.2) is 22.3 Å². The average molecular weight is 273 g/mol. The Hall–Kier alpha value is -2.30. The van der Waals surface area contributed by atoms with E-state index in [0.717, 1.165) is 11.1 Å². The molecular weight excluding hydrogens is 254 g/mol. The molecule has 0 fully saturated rings. The van der Waals surface area contributed by atoms with Gasteiger partial charge >= 0.3 is 0 Å². The minimum atomic E-state index is -0.195. The maximum absolute atomic E-state index is 11.8. The molecule has 0 unspecified atom stereocenters. The third kappa shape index (κ3) is 3.60. The van der Waals surface area contributed by atoms with Crippen LogP contribution in [-0.2, 0) is 11.3 Å². The number of rotatable bonds is 5. The SMILES string of the molecule is CCn1nccc1NC(=O)COc1cc(C)cc(C)c1. The molecule has 20 heavy (non-hydrogen) atoms. The van der Waals surface area contributed by atoms with Gasteiger partial charge in [0.25, 0.3) is 5.91 Å². The highest BCUT2D eigenvalue weighted by Gasteiger charge is 2.07. The summed E-state index contributed by atoms with van der Waals surface area (Å²) in [7, 11) is 0. The minimum absolute atomic E-state index is 0.0161. The van der Waals surface area contributed by atoms with E-state index in [1.165, 1.54) is 0 Å². The van der Waals surface area contributed by atoms with Crippen LogP contribution in [0.2, 0.25) is 0 Å². The summed E-state index contributed by atoms with van der Waals surface area (Å²) in [5.41, 5.74) is 2.23. The number of benzene rings is 1. The lowest BCUT2D eigenvalue weighted by Gasteiger charge is -2.09. The quantitative estimate of drug-likeness (QED) is 0.910. The molecule has 0 spiro atoms.